The molecule has 0 aromatic heterocycles. The van der Waals surface area contributed by atoms with Gasteiger partial charge < -0.3 is 10.1 Å². The van der Waals surface area contributed by atoms with Crippen LogP contribution in [0.2, 0.25) is 0 Å². The van der Waals surface area contributed by atoms with Gasteiger partial charge in [0.1, 0.15) is 0 Å². The summed E-state index contributed by atoms with van der Waals surface area (Å²) in [4.78, 5) is 0.272. The van der Waals surface area contributed by atoms with Gasteiger partial charge >= 0.3 is 0 Å². The molecule has 0 saturated heterocycles. The van der Waals surface area contributed by atoms with Gasteiger partial charge in [-0.15, -0.1) is 0 Å². The Morgan fingerprint density at radius 3 is 2.41 bits per heavy atom. The normalized spacial score (nSPS) is 11.6. The molecule has 5 nitrogen and oxygen atoms in total. The summed E-state index contributed by atoms with van der Waals surface area (Å²) in [5.74, 6) is 0. The van der Waals surface area contributed by atoms with E-state index in [4.69, 9.17) is 4.74 Å². The first-order valence-corrected chi connectivity index (χ1v) is 6.80. The summed E-state index contributed by atoms with van der Waals surface area (Å²) in [5, 5.41) is 3.00. The Bertz CT molecular complexity index is 429. The summed E-state index contributed by atoms with van der Waals surface area (Å²) in [6.07, 6.45) is 0. The van der Waals surface area contributed by atoms with Crippen LogP contribution < -0.4 is 10.0 Å². The summed E-state index contributed by atoms with van der Waals surface area (Å²) in [6.45, 7) is 1.35. The van der Waals surface area contributed by atoms with Gasteiger partial charge in [-0.1, -0.05) is 12.1 Å². The molecule has 0 aliphatic heterocycles. The van der Waals surface area contributed by atoms with Crippen LogP contribution in [-0.2, 0) is 21.3 Å². The van der Waals surface area contributed by atoms with Crippen molar-refractivity contribution in [2.24, 2.45) is 0 Å². The first-order chi connectivity index (χ1) is 8.10. The van der Waals surface area contributed by atoms with Crippen LogP contribution in [0.3, 0.4) is 0 Å². The highest BCUT2D eigenvalue weighted by molar-refractivity contribution is 7.89. The molecule has 1 aromatic rings. The van der Waals surface area contributed by atoms with Crippen LogP contribution in [-0.4, -0.2) is 35.7 Å². The lowest BCUT2D eigenvalue weighted by Gasteiger charge is -2.07. The molecule has 0 amide bonds. The van der Waals surface area contributed by atoms with Crippen LogP contribution in [0.25, 0.3) is 0 Å². The summed E-state index contributed by atoms with van der Waals surface area (Å²) in [5.41, 5.74) is 1.04. The highest BCUT2D eigenvalue weighted by atomic mass is 32.2. The quantitative estimate of drug-likeness (QED) is 0.692. The SMILES string of the molecule is CNCc1ccc(S(=O)(=O)NCCOC)cc1. The van der Waals surface area contributed by atoms with Crippen molar-refractivity contribution in [3.63, 3.8) is 0 Å². The molecule has 96 valence electrons. The van der Waals surface area contributed by atoms with Crippen LogP contribution in [0.15, 0.2) is 29.2 Å². The molecular weight excluding hydrogens is 240 g/mol. The zero-order chi connectivity index (χ0) is 12.7. The minimum atomic E-state index is -3.41. The topological polar surface area (TPSA) is 67.4 Å². The fourth-order valence-electron chi connectivity index (χ4n) is 1.35. The smallest absolute Gasteiger partial charge is 0.240 e. The average molecular weight is 258 g/mol. The summed E-state index contributed by atoms with van der Waals surface area (Å²) in [6, 6.07) is 6.78. The number of benzene rings is 1. The first-order valence-electron chi connectivity index (χ1n) is 5.32. The van der Waals surface area contributed by atoms with Gasteiger partial charge in [-0.3, -0.25) is 0 Å². The Morgan fingerprint density at radius 1 is 1.24 bits per heavy atom. The third kappa shape index (κ3) is 4.43. The second-order valence-electron chi connectivity index (χ2n) is 3.56. The Labute approximate surface area is 102 Å². The summed E-state index contributed by atoms with van der Waals surface area (Å²) >= 11 is 0. The van der Waals surface area contributed by atoms with Gasteiger partial charge in [0.25, 0.3) is 0 Å². The molecule has 0 radical (unpaired) electrons. The minimum absolute atomic E-state index is 0.272. The third-order valence-corrected chi connectivity index (χ3v) is 3.69. The Kier molecular flexibility index (Phi) is 5.57. The maximum Gasteiger partial charge on any atom is 0.240 e. The number of nitrogens with one attached hydrogen (secondary N) is 2. The molecule has 1 rings (SSSR count). The Hall–Kier alpha value is -0.950. The maximum absolute atomic E-state index is 11.8. The average Bonchev–Trinajstić information content (AvgIpc) is 2.30. The molecule has 0 heterocycles. The zero-order valence-electron chi connectivity index (χ0n) is 10.1. The van der Waals surface area contributed by atoms with Gasteiger partial charge in [0.15, 0.2) is 0 Å². The maximum atomic E-state index is 11.8. The molecule has 0 fully saturated rings. The Balaban J connectivity index is 2.71. The lowest BCUT2D eigenvalue weighted by molar-refractivity contribution is 0.204. The van der Waals surface area contributed by atoms with Crippen molar-refractivity contribution in [3.8, 4) is 0 Å². The van der Waals surface area contributed by atoms with E-state index in [0.717, 1.165) is 12.1 Å². The summed E-state index contributed by atoms with van der Waals surface area (Å²) in [7, 11) is -0.0418. The lowest BCUT2D eigenvalue weighted by atomic mass is 10.2. The number of methoxy groups -OCH3 is 1. The molecule has 2 N–H and O–H groups in total. The van der Waals surface area contributed by atoms with E-state index in [1.54, 1.807) is 24.3 Å². The predicted molar refractivity (Wildman–Crippen MR) is 66.3 cm³/mol. The standard InChI is InChI=1S/C11H18N2O3S/c1-12-9-10-3-5-11(6-4-10)17(14,15)13-7-8-16-2/h3-6,12-13H,7-9H2,1-2H3. The van der Waals surface area contributed by atoms with Crippen molar-refractivity contribution in [1.29, 1.82) is 0 Å². The van der Waals surface area contributed by atoms with E-state index < -0.39 is 10.0 Å². The van der Waals surface area contributed by atoms with Gasteiger partial charge in [-0.2, -0.15) is 0 Å². The fraction of sp³-hybridized carbons (Fsp3) is 0.455. The van der Waals surface area contributed by atoms with E-state index in [0.29, 0.717) is 6.61 Å². The van der Waals surface area contributed by atoms with Gasteiger partial charge in [-0.05, 0) is 24.7 Å². The second-order valence-corrected chi connectivity index (χ2v) is 5.33. The molecule has 0 aliphatic rings. The van der Waals surface area contributed by atoms with Crippen LogP contribution in [0.1, 0.15) is 5.56 Å². The molecule has 0 unspecified atom stereocenters. The van der Waals surface area contributed by atoms with E-state index >= 15 is 0 Å². The number of hydrogen-bond acceptors (Lipinski definition) is 4. The zero-order valence-corrected chi connectivity index (χ0v) is 10.9. The van der Waals surface area contributed by atoms with Gasteiger partial charge in [-0.25, -0.2) is 13.1 Å². The van der Waals surface area contributed by atoms with Crippen molar-refractivity contribution < 1.29 is 13.2 Å². The molecule has 6 heteroatoms. The Morgan fingerprint density at radius 2 is 1.88 bits per heavy atom. The molecule has 0 atom stereocenters. The predicted octanol–water partition coefficient (Wildman–Crippen LogP) is 0.331. The largest absolute Gasteiger partial charge is 0.383 e. The highest BCUT2D eigenvalue weighted by Crippen LogP contribution is 2.10. The molecule has 17 heavy (non-hydrogen) atoms. The van der Waals surface area contributed by atoms with Crippen molar-refractivity contribution >= 4 is 10.0 Å². The number of sulfonamides is 1. The third-order valence-electron chi connectivity index (χ3n) is 2.21. The number of ether oxygens (including phenoxy) is 1. The van der Waals surface area contributed by atoms with Gasteiger partial charge in [0.2, 0.25) is 10.0 Å². The first kappa shape index (κ1) is 14.1. The van der Waals surface area contributed by atoms with Crippen LogP contribution in [0.5, 0.6) is 0 Å². The van der Waals surface area contributed by atoms with Crippen LogP contribution >= 0.6 is 0 Å². The van der Waals surface area contributed by atoms with Crippen molar-refractivity contribution in [2.75, 3.05) is 27.3 Å². The second kappa shape index (κ2) is 6.70. The van der Waals surface area contributed by atoms with Gasteiger partial charge in [0, 0.05) is 20.2 Å². The highest BCUT2D eigenvalue weighted by Gasteiger charge is 2.12. The molecule has 0 spiro atoms. The fourth-order valence-corrected chi connectivity index (χ4v) is 2.37. The van der Waals surface area contributed by atoms with Gasteiger partial charge in [0.05, 0.1) is 11.5 Å². The lowest BCUT2D eigenvalue weighted by Crippen LogP contribution is -2.27. The van der Waals surface area contributed by atoms with Crippen molar-refractivity contribution in [2.45, 2.75) is 11.4 Å². The van der Waals surface area contributed by atoms with Crippen LogP contribution in [0.4, 0.5) is 0 Å². The molecule has 0 saturated carbocycles. The molecular formula is C11H18N2O3S. The number of hydrogen-bond donors (Lipinski definition) is 2. The molecule has 1 aromatic carbocycles. The van der Waals surface area contributed by atoms with Crippen LogP contribution in [0, 0.1) is 0 Å². The molecule has 0 aliphatic carbocycles. The van der Waals surface area contributed by atoms with E-state index in [-0.39, 0.29) is 11.4 Å². The van der Waals surface area contributed by atoms with Crippen molar-refractivity contribution in [3.05, 3.63) is 29.8 Å². The van der Waals surface area contributed by atoms with E-state index in [1.165, 1.54) is 7.11 Å². The van der Waals surface area contributed by atoms with E-state index in [2.05, 4.69) is 10.0 Å². The minimum Gasteiger partial charge on any atom is -0.383 e. The van der Waals surface area contributed by atoms with E-state index in [1.807, 2.05) is 7.05 Å². The molecule has 0 bridgehead atoms. The van der Waals surface area contributed by atoms with Crippen molar-refractivity contribution in [1.82, 2.24) is 10.0 Å². The monoisotopic (exact) mass is 258 g/mol. The number of rotatable bonds is 7. The van der Waals surface area contributed by atoms with E-state index in [9.17, 15) is 8.42 Å². The summed E-state index contributed by atoms with van der Waals surface area (Å²) < 4.78 is 30.8.